The molecule has 0 heterocycles. The number of hydrogen-bond acceptors (Lipinski definition) is 2. The van der Waals surface area contributed by atoms with Crippen LogP contribution in [0.15, 0.2) is 84.9 Å². The number of rotatable bonds is 5. The lowest BCUT2D eigenvalue weighted by atomic mass is 10.2. The van der Waals surface area contributed by atoms with Crippen LogP contribution in [0.3, 0.4) is 0 Å². The van der Waals surface area contributed by atoms with Crippen molar-refractivity contribution in [3.05, 3.63) is 84.9 Å². The molecule has 0 amide bonds. The zero-order valence-electron chi connectivity index (χ0n) is 12.7. The van der Waals surface area contributed by atoms with Gasteiger partial charge in [-0.2, -0.15) is 0 Å². The van der Waals surface area contributed by atoms with Gasteiger partial charge in [0.05, 0.1) is 0 Å². The lowest BCUT2D eigenvalue weighted by molar-refractivity contribution is 1.21. The summed E-state index contributed by atoms with van der Waals surface area (Å²) in [7, 11) is 0. The van der Waals surface area contributed by atoms with E-state index in [9.17, 15) is 0 Å². The van der Waals surface area contributed by atoms with E-state index in [0.717, 1.165) is 29.3 Å². The van der Waals surface area contributed by atoms with E-state index in [1.807, 2.05) is 12.1 Å². The molecule has 0 aliphatic carbocycles. The highest BCUT2D eigenvalue weighted by Gasteiger charge is 2.11. The topological polar surface area (TPSA) is 15.3 Å². The fourth-order valence-corrected chi connectivity index (χ4v) is 2.53. The van der Waals surface area contributed by atoms with Gasteiger partial charge in [0.2, 0.25) is 0 Å². The largest absolute Gasteiger partial charge is 0.385 e. The third kappa shape index (κ3) is 3.12. The normalized spacial score (nSPS) is 10.2. The van der Waals surface area contributed by atoms with Crippen LogP contribution in [0.2, 0.25) is 0 Å². The fourth-order valence-electron chi connectivity index (χ4n) is 2.53. The van der Waals surface area contributed by atoms with Gasteiger partial charge >= 0.3 is 0 Å². The van der Waals surface area contributed by atoms with Gasteiger partial charge in [0.15, 0.2) is 0 Å². The molecule has 3 rings (SSSR count). The Bertz CT molecular complexity index is 651. The molecule has 0 aliphatic heterocycles. The van der Waals surface area contributed by atoms with Crippen LogP contribution in [0.5, 0.6) is 0 Å². The quantitative estimate of drug-likeness (QED) is 0.658. The van der Waals surface area contributed by atoms with Crippen molar-refractivity contribution in [3.8, 4) is 0 Å². The van der Waals surface area contributed by atoms with E-state index in [-0.39, 0.29) is 0 Å². The maximum atomic E-state index is 3.33. The summed E-state index contributed by atoms with van der Waals surface area (Å²) in [5, 5.41) is 3.33. The van der Waals surface area contributed by atoms with Crippen LogP contribution in [-0.2, 0) is 0 Å². The molecule has 3 aromatic rings. The Morgan fingerprint density at radius 2 is 1.09 bits per heavy atom. The summed E-state index contributed by atoms with van der Waals surface area (Å²) in [5.74, 6) is 0. The zero-order chi connectivity index (χ0) is 15.2. The molecule has 0 saturated carbocycles. The molecule has 0 aliphatic rings. The summed E-state index contributed by atoms with van der Waals surface area (Å²) >= 11 is 0. The van der Waals surface area contributed by atoms with Gasteiger partial charge in [-0.1, -0.05) is 36.4 Å². The summed E-state index contributed by atoms with van der Waals surface area (Å²) in [6.45, 7) is 3.04. The lowest BCUT2D eigenvalue weighted by Crippen LogP contribution is -2.09. The number of benzene rings is 3. The monoisotopic (exact) mass is 288 g/mol. The van der Waals surface area contributed by atoms with Crippen LogP contribution < -0.4 is 10.2 Å². The molecule has 22 heavy (non-hydrogen) atoms. The minimum atomic E-state index is 0.931. The number of para-hydroxylation sites is 2. The Balaban J connectivity index is 2.02. The van der Waals surface area contributed by atoms with E-state index >= 15 is 0 Å². The maximum absolute atomic E-state index is 3.33. The third-order valence-electron chi connectivity index (χ3n) is 3.54. The lowest BCUT2D eigenvalue weighted by Gasteiger charge is -2.25. The molecule has 3 aromatic carbocycles. The van der Waals surface area contributed by atoms with Crippen molar-refractivity contribution in [2.45, 2.75) is 6.92 Å². The Morgan fingerprint density at radius 1 is 0.636 bits per heavy atom. The van der Waals surface area contributed by atoms with Crippen LogP contribution in [0.25, 0.3) is 0 Å². The molecule has 0 unspecified atom stereocenters. The second kappa shape index (κ2) is 6.81. The predicted molar refractivity (Wildman–Crippen MR) is 95.3 cm³/mol. The first-order chi connectivity index (χ1) is 10.9. The molecule has 0 bridgehead atoms. The van der Waals surface area contributed by atoms with Crippen molar-refractivity contribution < 1.29 is 0 Å². The van der Waals surface area contributed by atoms with Gasteiger partial charge in [-0.05, 0) is 55.5 Å². The van der Waals surface area contributed by atoms with Gasteiger partial charge in [-0.3, -0.25) is 0 Å². The minimum absolute atomic E-state index is 0.931. The van der Waals surface area contributed by atoms with E-state index in [1.54, 1.807) is 0 Å². The van der Waals surface area contributed by atoms with Crippen molar-refractivity contribution in [1.29, 1.82) is 0 Å². The van der Waals surface area contributed by atoms with Crippen LogP contribution >= 0.6 is 0 Å². The SMILES string of the molecule is CCNc1ccc(N(c2ccccc2)c2ccccc2)cc1. The number of anilines is 4. The second-order valence-electron chi connectivity index (χ2n) is 5.08. The van der Waals surface area contributed by atoms with Crippen molar-refractivity contribution in [2.75, 3.05) is 16.8 Å². The molecule has 2 heteroatoms. The van der Waals surface area contributed by atoms with Crippen LogP contribution in [0, 0.1) is 0 Å². The highest BCUT2D eigenvalue weighted by Crippen LogP contribution is 2.34. The van der Waals surface area contributed by atoms with E-state index in [4.69, 9.17) is 0 Å². The van der Waals surface area contributed by atoms with Gasteiger partial charge in [0.1, 0.15) is 0 Å². The Kier molecular flexibility index (Phi) is 4.40. The van der Waals surface area contributed by atoms with E-state index in [0.29, 0.717) is 0 Å². The summed E-state index contributed by atoms with van der Waals surface area (Å²) in [4.78, 5) is 2.26. The molecule has 0 saturated heterocycles. The van der Waals surface area contributed by atoms with Gasteiger partial charge in [0.25, 0.3) is 0 Å². The predicted octanol–water partition coefficient (Wildman–Crippen LogP) is 5.59. The summed E-state index contributed by atoms with van der Waals surface area (Å²) < 4.78 is 0. The molecular formula is C20H20N2. The van der Waals surface area contributed by atoms with Crippen LogP contribution in [0.4, 0.5) is 22.7 Å². The minimum Gasteiger partial charge on any atom is -0.385 e. The first-order valence-corrected chi connectivity index (χ1v) is 7.62. The Hall–Kier alpha value is -2.74. The smallest absolute Gasteiger partial charge is 0.0463 e. The molecule has 0 aromatic heterocycles. The molecule has 110 valence electrons. The maximum Gasteiger partial charge on any atom is 0.0463 e. The van der Waals surface area contributed by atoms with Crippen molar-refractivity contribution in [3.63, 3.8) is 0 Å². The first kappa shape index (κ1) is 14.2. The second-order valence-corrected chi connectivity index (χ2v) is 5.08. The zero-order valence-corrected chi connectivity index (χ0v) is 12.7. The summed E-state index contributed by atoms with van der Waals surface area (Å²) in [5.41, 5.74) is 4.61. The van der Waals surface area contributed by atoms with Crippen LogP contribution in [-0.4, -0.2) is 6.54 Å². The molecule has 0 radical (unpaired) electrons. The average molecular weight is 288 g/mol. The van der Waals surface area contributed by atoms with Crippen molar-refractivity contribution in [1.82, 2.24) is 0 Å². The fraction of sp³-hybridized carbons (Fsp3) is 0.100. The van der Waals surface area contributed by atoms with Crippen LogP contribution in [0.1, 0.15) is 6.92 Å². The van der Waals surface area contributed by atoms with E-state index in [1.165, 1.54) is 0 Å². The molecule has 0 spiro atoms. The van der Waals surface area contributed by atoms with Gasteiger partial charge in [0, 0.05) is 29.3 Å². The van der Waals surface area contributed by atoms with Crippen molar-refractivity contribution >= 4 is 22.7 Å². The molecule has 2 nitrogen and oxygen atoms in total. The molecule has 0 atom stereocenters. The summed E-state index contributed by atoms with van der Waals surface area (Å²) in [6.07, 6.45) is 0. The van der Waals surface area contributed by atoms with Gasteiger partial charge in [-0.25, -0.2) is 0 Å². The molecule has 1 N–H and O–H groups in total. The number of nitrogens with zero attached hydrogens (tertiary/aromatic N) is 1. The Morgan fingerprint density at radius 3 is 1.55 bits per heavy atom. The summed E-state index contributed by atoms with van der Waals surface area (Å²) in [6, 6.07) is 29.4. The van der Waals surface area contributed by atoms with E-state index in [2.05, 4.69) is 89.9 Å². The van der Waals surface area contributed by atoms with Gasteiger partial charge < -0.3 is 10.2 Å². The Labute approximate surface area is 132 Å². The third-order valence-corrected chi connectivity index (χ3v) is 3.54. The molecule has 0 fully saturated rings. The number of nitrogens with one attached hydrogen (secondary N) is 1. The standard InChI is InChI=1S/C20H20N2/c1-2-21-17-13-15-20(16-14-17)22(18-9-5-3-6-10-18)19-11-7-4-8-12-19/h3-16,21H,2H2,1H3. The van der Waals surface area contributed by atoms with Crippen molar-refractivity contribution in [2.24, 2.45) is 0 Å². The average Bonchev–Trinajstić information content (AvgIpc) is 2.59. The molecular weight excluding hydrogens is 268 g/mol. The number of hydrogen-bond donors (Lipinski definition) is 1. The van der Waals surface area contributed by atoms with E-state index < -0.39 is 0 Å². The highest BCUT2D eigenvalue weighted by molar-refractivity contribution is 5.77. The highest BCUT2D eigenvalue weighted by atomic mass is 15.1. The first-order valence-electron chi connectivity index (χ1n) is 7.62. The van der Waals surface area contributed by atoms with Gasteiger partial charge in [-0.15, -0.1) is 0 Å².